The Bertz CT molecular complexity index is 805. The molecule has 1 unspecified atom stereocenters. The summed E-state index contributed by atoms with van der Waals surface area (Å²) >= 11 is 0. The van der Waals surface area contributed by atoms with E-state index in [-0.39, 0.29) is 23.1 Å². The predicted molar refractivity (Wildman–Crippen MR) is 95.2 cm³/mol. The van der Waals surface area contributed by atoms with Crippen LogP contribution in [0.2, 0.25) is 0 Å². The summed E-state index contributed by atoms with van der Waals surface area (Å²) in [6, 6.07) is 9.58. The topological polar surface area (TPSA) is 63.2 Å². The first kappa shape index (κ1) is 17.0. The monoisotopic (exact) mass is 355 g/mol. The molecule has 1 aromatic heterocycles. The number of benzene rings is 1. The normalized spacial score (nSPS) is 20.6. The standard InChI is InChI=1S/C20H22FN3O2/c21-15-4-1-5-16(11-15)26-19-14(3-2-8-23-19)13-24-18(25)17-12-20(17)6-9-22-10-7-20/h1-5,8,11,17,22H,6-7,9-10,12-13H2,(H,24,25). The number of rotatable bonds is 5. The SMILES string of the molecule is O=C(NCc1cccnc1Oc1cccc(F)c1)C1CC12CCNCC2. The van der Waals surface area contributed by atoms with Crippen LogP contribution < -0.4 is 15.4 Å². The summed E-state index contributed by atoms with van der Waals surface area (Å²) in [7, 11) is 0. The van der Waals surface area contributed by atoms with Crippen molar-refractivity contribution in [3.8, 4) is 11.6 Å². The highest BCUT2D eigenvalue weighted by Crippen LogP contribution is 2.58. The number of carbonyl (C=O) groups is 1. The van der Waals surface area contributed by atoms with Gasteiger partial charge < -0.3 is 15.4 Å². The van der Waals surface area contributed by atoms with Gasteiger partial charge in [0.05, 0.1) is 0 Å². The summed E-state index contributed by atoms with van der Waals surface area (Å²) < 4.78 is 19.0. The Morgan fingerprint density at radius 3 is 2.96 bits per heavy atom. The molecule has 6 heteroatoms. The van der Waals surface area contributed by atoms with Gasteiger partial charge >= 0.3 is 0 Å². The second-order valence-corrected chi connectivity index (χ2v) is 7.11. The molecule has 136 valence electrons. The van der Waals surface area contributed by atoms with E-state index in [1.54, 1.807) is 24.4 Å². The Morgan fingerprint density at radius 2 is 2.15 bits per heavy atom. The maximum atomic E-state index is 13.3. The molecule has 1 aliphatic heterocycles. The van der Waals surface area contributed by atoms with Gasteiger partial charge in [0, 0.05) is 30.3 Å². The van der Waals surface area contributed by atoms with Crippen LogP contribution in [0.3, 0.4) is 0 Å². The van der Waals surface area contributed by atoms with E-state index in [1.165, 1.54) is 12.1 Å². The third kappa shape index (κ3) is 3.55. The summed E-state index contributed by atoms with van der Waals surface area (Å²) in [5, 5.41) is 6.37. The number of pyridine rings is 1. The minimum absolute atomic E-state index is 0.104. The highest BCUT2D eigenvalue weighted by atomic mass is 19.1. The molecule has 0 bridgehead atoms. The number of halogens is 1. The molecule has 2 heterocycles. The van der Waals surface area contributed by atoms with Crippen molar-refractivity contribution in [3.63, 3.8) is 0 Å². The van der Waals surface area contributed by atoms with Crippen LogP contribution in [0.5, 0.6) is 11.6 Å². The zero-order valence-corrected chi connectivity index (χ0v) is 14.5. The van der Waals surface area contributed by atoms with Crippen LogP contribution in [0.4, 0.5) is 4.39 Å². The smallest absolute Gasteiger partial charge is 0.224 e. The van der Waals surface area contributed by atoms with Gasteiger partial charge in [0.15, 0.2) is 0 Å². The van der Waals surface area contributed by atoms with Gasteiger partial charge in [-0.05, 0) is 56.0 Å². The molecule has 5 nitrogen and oxygen atoms in total. The van der Waals surface area contributed by atoms with Crippen molar-refractivity contribution in [1.82, 2.24) is 15.6 Å². The fourth-order valence-corrected chi connectivity index (χ4v) is 3.79. The molecule has 1 spiro atoms. The number of nitrogens with zero attached hydrogens (tertiary/aromatic N) is 1. The first-order valence-corrected chi connectivity index (χ1v) is 9.02. The minimum atomic E-state index is -0.366. The Balaban J connectivity index is 1.39. The van der Waals surface area contributed by atoms with Gasteiger partial charge in [-0.3, -0.25) is 4.79 Å². The number of aromatic nitrogens is 1. The number of hydrogen-bond acceptors (Lipinski definition) is 4. The third-order valence-electron chi connectivity index (χ3n) is 5.42. The van der Waals surface area contributed by atoms with Crippen LogP contribution in [0.15, 0.2) is 42.6 Å². The molecule has 1 aliphatic carbocycles. The lowest BCUT2D eigenvalue weighted by atomic mass is 9.92. The number of ether oxygens (including phenoxy) is 1. The van der Waals surface area contributed by atoms with Crippen LogP contribution in [0, 0.1) is 17.2 Å². The van der Waals surface area contributed by atoms with Gasteiger partial charge in [0.2, 0.25) is 11.8 Å². The van der Waals surface area contributed by atoms with Crippen molar-refractivity contribution in [2.45, 2.75) is 25.8 Å². The molecule has 2 N–H and O–H groups in total. The van der Waals surface area contributed by atoms with Gasteiger partial charge in [-0.1, -0.05) is 12.1 Å². The van der Waals surface area contributed by atoms with E-state index in [2.05, 4.69) is 15.6 Å². The molecule has 0 radical (unpaired) electrons. The van der Waals surface area contributed by atoms with E-state index < -0.39 is 0 Å². The Morgan fingerprint density at radius 1 is 1.31 bits per heavy atom. The molecular weight excluding hydrogens is 333 g/mol. The summed E-state index contributed by atoms with van der Waals surface area (Å²) in [4.78, 5) is 16.7. The fraction of sp³-hybridized carbons (Fsp3) is 0.400. The van der Waals surface area contributed by atoms with E-state index in [0.717, 1.165) is 37.9 Å². The second-order valence-electron chi connectivity index (χ2n) is 7.11. The molecule has 1 aromatic carbocycles. The number of nitrogens with one attached hydrogen (secondary N) is 2. The van der Waals surface area contributed by atoms with Gasteiger partial charge in [-0.2, -0.15) is 0 Å². The Labute approximate surface area is 152 Å². The summed E-state index contributed by atoms with van der Waals surface area (Å²) in [6.45, 7) is 2.35. The van der Waals surface area contributed by atoms with Crippen LogP contribution >= 0.6 is 0 Å². The number of piperidine rings is 1. The lowest BCUT2D eigenvalue weighted by molar-refractivity contribution is -0.123. The number of amides is 1. The van der Waals surface area contributed by atoms with Gasteiger partial charge in [0.25, 0.3) is 0 Å². The third-order valence-corrected chi connectivity index (χ3v) is 5.42. The molecule has 2 aromatic rings. The van der Waals surface area contributed by atoms with Crippen molar-refractivity contribution < 1.29 is 13.9 Å². The van der Waals surface area contributed by atoms with Crippen molar-refractivity contribution in [2.24, 2.45) is 11.3 Å². The van der Waals surface area contributed by atoms with Crippen LogP contribution in [-0.2, 0) is 11.3 Å². The zero-order chi connectivity index (χ0) is 18.0. The van der Waals surface area contributed by atoms with Crippen LogP contribution in [0.25, 0.3) is 0 Å². The van der Waals surface area contributed by atoms with Crippen molar-refractivity contribution in [1.29, 1.82) is 0 Å². The minimum Gasteiger partial charge on any atom is -0.439 e. The molecule has 1 amide bonds. The molecule has 2 fully saturated rings. The van der Waals surface area contributed by atoms with Crippen molar-refractivity contribution in [2.75, 3.05) is 13.1 Å². The average molecular weight is 355 g/mol. The molecular formula is C20H22FN3O2. The molecule has 1 saturated carbocycles. The molecule has 26 heavy (non-hydrogen) atoms. The van der Waals surface area contributed by atoms with Crippen LogP contribution in [0.1, 0.15) is 24.8 Å². The Kier molecular flexibility index (Phi) is 4.59. The van der Waals surface area contributed by atoms with Crippen molar-refractivity contribution >= 4 is 5.91 Å². The maximum Gasteiger partial charge on any atom is 0.224 e. The highest BCUT2D eigenvalue weighted by molar-refractivity contribution is 5.82. The number of hydrogen-bond donors (Lipinski definition) is 2. The number of carbonyl (C=O) groups excluding carboxylic acids is 1. The first-order chi connectivity index (χ1) is 12.7. The van der Waals surface area contributed by atoms with Gasteiger partial charge in [-0.25, -0.2) is 9.37 Å². The fourth-order valence-electron chi connectivity index (χ4n) is 3.79. The molecule has 1 saturated heterocycles. The largest absolute Gasteiger partial charge is 0.439 e. The van der Waals surface area contributed by atoms with E-state index in [1.807, 2.05) is 6.07 Å². The van der Waals surface area contributed by atoms with Crippen LogP contribution in [-0.4, -0.2) is 24.0 Å². The second kappa shape index (κ2) is 7.03. The van der Waals surface area contributed by atoms with Crippen molar-refractivity contribution in [3.05, 3.63) is 54.0 Å². The first-order valence-electron chi connectivity index (χ1n) is 9.02. The van der Waals surface area contributed by atoms with E-state index in [4.69, 9.17) is 4.74 Å². The average Bonchev–Trinajstić information content (AvgIpc) is 3.34. The lowest BCUT2D eigenvalue weighted by Crippen LogP contribution is -2.33. The summed E-state index contributed by atoms with van der Waals surface area (Å²) in [5.74, 6) is 0.619. The van der Waals surface area contributed by atoms with E-state index in [0.29, 0.717) is 18.2 Å². The zero-order valence-electron chi connectivity index (χ0n) is 14.5. The molecule has 4 rings (SSSR count). The summed E-state index contributed by atoms with van der Waals surface area (Å²) in [6.07, 6.45) is 4.75. The van der Waals surface area contributed by atoms with E-state index >= 15 is 0 Å². The predicted octanol–water partition coefficient (Wildman–Crippen LogP) is 3.02. The maximum absolute atomic E-state index is 13.3. The van der Waals surface area contributed by atoms with E-state index in [9.17, 15) is 9.18 Å². The quantitative estimate of drug-likeness (QED) is 0.865. The highest BCUT2D eigenvalue weighted by Gasteiger charge is 2.57. The van der Waals surface area contributed by atoms with Gasteiger partial charge in [0.1, 0.15) is 11.6 Å². The molecule has 1 atom stereocenters. The molecule has 2 aliphatic rings. The summed E-state index contributed by atoms with van der Waals surface area (Å²) in [5.41, 5.74) is 0.982. The Hall–Kier alpha value is -2.47. The lowest BCUT2D eigenvalue weighted by Gasteiger charge is -2.23. The van der Waals surface area contributed by atoms with Gasteiger partial charge in [-0.15, -0.1) is 0 Å².